The lowest BCUT2D eigenvalue weighted by molar-refractivity contribution is 0.299. The molecule has 0 aromatic carbocycles. The Morgan fingerprint density at radius 3 is 2.60 bits per heavy atom. The maximum Gasteiger partial charge on any atom is 0.00730 e. The van der Waals surface area contributed by atoms with Crippen LogP contribution in [-0.4, -0.2) is 12.1 Å². The van der Waals surface area contributed by atoms with Gasteiger partial charge in [-0.25, -0.2) is 0 Å². The van der Waals surface area contributed by atoms with Gasteiger partial charge >= 0.3 is 0 Å². The minimum absolute atomic E-state index is 0. The Kier molecular flexibility index (Phi) is 3.70. The van der Waals surface area contributed by atoms with Gasteiger partial charge in [0.05, 0.1) is 0 Å². The predicted octanol–water partition coefficient (Wildman–Crippen LogP) is 3.24. The number of piperidine rings is 1. The molecule has 0 radical (unpaired) electrons. The van der Waals surface area contributed by atoms with Crippen LogP contribution >= 0.6 is 23.7 Å². The molecule has 2 saturated heterocycles. The van der Waals surface area contributed by atoms with Crippen LogP contribution in [0, 0.1) is 5.92 Å². The number of fused-ring (bicyclic) bond motifs is 2. The second-order valence-electron chi connectivity index (χ2n) is 4.76. The average Bonchev–Trinajstić information content (AvgIpc) is 2.77. The zero-order valence-corrected chi connectivity index (χ0v) is 10.4. The highest BCUT2D eigenvalue weighted by Crippen LogP contribution is 2.33. The highest BCUT2D eigenvalue weighted by atomic mass is 35.5. The lowest BCUT2D eigenvalue weighted by Gasteiger charge is -2.28. The van der Waals surface area contributed by atoms with Gasteiger partial charge in [0.15, 0.2) is 0 Å². The van der Waals surface area contributed by atoms with Gasteiger partial charge in [0.25, 0.3) is 0 Å². The molecule has 2 bridgehead atoms. The van der Waals surface area contributed by atoms with Gasteiger partial charge < -0.3 is 5.32 Å². The molecule has 0 aliphatic carbocycles. The summed E-state index contributed by atoms with van der Waals surface area (Å²) in [5.74, 6) is 0.951. The number of thiophene rings is 1. The highest BCUT2D eigenvalue weighted by molar-refractivity contribution is 7.09. The summed E-state index contributed by atoms with van der Waals surface area (Å²) in [5.41, 5.74) is 0. The van der Waals surface area contributed by atoms with Gasteiger partial charge in [-0.15, -0.1) is 23.7 Å². The van der Waals surface area contributed by atoms with E-state index < -0.39 is 0 Å². The lowest BCUT2D eigenvalue weighted by Crippen LogP contribution is -2.38. The lowest BCUT2D eigenvalue weighted by atomic mass is 9.89. The molecule has 1 aromatic rings. The first-order valence-electron chi connectivity index (χ1n) is 5.68. The van der Waals surface area contributed by atoms with Crippen molar-refractivity contribution >= 4 is 23.7 Å². The zero-order valence-electron chi connectivity index (χ0n) is 8.82. The molecule has 2 atom stereocenters. The molecule has 15 heavy (non-hydrogen) atoms. The molecule has 0 spiro atoms. The summed E-state index contributed by atoms with van der Waals surface area (Å²) in [7, 11) is 0. The van der Waals surface area contributed by atoms with Gasteiger partial charge in [-0.2, -0.15) is 0 Å². The third-order valence-corrected chi connectivity index (χ3v) is 4.54. The minimum Gasteiger partial charge on any atom is -0.311 e. The van der Waals surface area contributed by atoms with Crippen LogP contribution in [0.5, 0.6) is 0 Å². The van der Waals surface area contributed by atoms with Crippen LogP contribution in [0.1, 0.15) is 30.6 Å². The van der Waals surface area contributed by atoms with Gasteiger partial charge in [-0.1, -0.05) is 6.07 Å². The summed E-state index contributed by atoms with van der Waals surface area (Å²) in [5, 5.41) is 5.90. The predicted molar refractivity (Wildman–Crippen MR) is 67.9 cm³/mol. The summed E-state index contributed by atoms with van der Waals surface area (Å²) >= 11 is 1.92. The van der Waals surface area contributed by atoms with Gasteiger partial charge in [-0.3, -0.25) is 0 Å². The van der Waals surface area contributed by atoms with Crippen LogP contribution < -0.4 is 5.32 Å². The second-order valence-corrected chi connectivity index (χ2v) is 5.79. The molecular weight excluding hydrogens is 226 g/mol. The van der Waals surface area contributed by atoms with Crippen LogP contribution in [0.15, 0.2) is 17.5 Å². The third kappa shape index (κ3) is 2.55. The SMILES string of the molecule is Cl.c1csc(CC2CC3CCC(C2)N3)c1. The normalized spacial score (nSPS) is 33.7. The van der Waals surface area contributed by atoms with Crippen molar-refractivity contribution in [2.75, 3.05) is 0 Å². The molecule has 3 rings (SSSR count). The van der Waals surface area contributed by atoms with E-state index >= 15 is 0 Å². The van der Waals surface area contributed by atoms with Crippen LogP contribution in [0.2, 0.25) is 0 Å². The first kappa shape index (κ1) is 11.4. The van der Waals surface area contributed by atoms with E-state index in [4.69, 9.17) is 0 Å². The quantitative estimate of drug-likeness (QED) is 0.841. The van der Waals surface area contributed by atoms with Crippen molar-refractivity contribution < 1.29 is 0 Å². The van der Waals surface area contributed by atoms with Crippen LogP contribution in [-0.2, 0) is 6.42 Å². The molecule has 0 amide bonds. The van der Waals surface area contributed by atoms with E-state index in [0.717, 1.165) is 18.0 Å². The van der Waals surface area contributed by atoms with E-state index in [9.17, 15) is 0 Å². The fourth-order valence-corrected chi connectivity index (χ4v) is 3.88. The van der Waals surface area contributed by atoms with Crippen molar-refractivity contribution in [3.8, 4) is 0 Å². The molecule has 2 fully saturated rings. The Balaban J connectivity index is 0.000000853. The minimum atomic E-state index is 0. The van der Waals surface area contributed by atoms with Gasteiger partial charge in [0.1, 0.15) is 0 Å². The molecule has 2 aliphatic heterocycles. The molecule has 1 N–H and O–H groups in total. The number of rotatable bonds is 2. The van der Waals surface area contributed by atoms with E-state index in [0.29, 0.717) is 0 Å². The maximum atomic E-state index is 3.70. The highest BCUT2D eigenvalue weighted by Gasteiger charge is 2.33. The van der Waals surface area contributed by atoms with E-state index in [2.05, 4.69) is 22.8 Å². The number of hydrogen-bond donors (Lipinski definition) is 1. The van der Waals surface area contributed by atoms with Gasteiger partial charge in [0, 0.05) is 17.0 Å². The Hall–Kier alpha value is -0.0500. The van der Waals surface area contributed by atoms with E-state index in [1.54, 1.807) is 4.88 Å². The standard InChI is InChI=1S/C12H17NS.ClH/c1-2-12(14-5-1)8-9-6-10-3-4-11(7-9)13-10;/h1-2,5,9-11,13H,3-4,6-8H2;1H. The largest absolute Gasteiger partial charge is 0.311 e. The van der Waals surface area contributed by atoms with Crippen molar-refractivity contribution in [2.45, 2.75) is 44.2 Å². The second kappa shape index (κ2) is 4.86. The summed E-state index contributed by atoms with van der Waals surface area (Å²) in [6.07, 6.45) is 6.99. The number of nitrogens with one attached hydrogen (secondary N) is 1. The Bertz CT molecular complexity index is 287. The first-order valence-corrected chi connectivity index (χ1v) is 6.56. The molecule has 3 heteroatoms. The van der Waals surface area contributed by atoms with Gasteiger partial charge in [-0.05, 0) is 49.5 Å². The Morgan fingerprint density at radius 1 is 1.27 bits per heavy atom. The van der Waals surface area contributed by atoms with Crippen LogP contribution in [0.4, 0.5) is 0 Å². The third-order valence-electron chi connectivity index (χ3n) is 3.64. The smallest absolute Gasteiger partial charge is 0.00730 e. The summed E-state index contributed by atoms with van der Waals surface area (Å²) in [4.78, 5) is 1.58. The molecule has 1 nitrogen and oxygen atoms in total. The molecule has 3 heterocycles. The number of hydrogen-bond acceptors (Lipinski definition) is 2. The fourth-order valence-electron chi connectivity index (χ4n) is 3.06. The van der Waals surface area contributed by atoms with Crippen molar-refractivity contribution in [1.82, 2.24) is 5.32 Å². The fraction of sp³-hybridized carbons (Fsp3) is 0.667. The molecule has 2 unspecified atom stereocenters. The van der Waals surface area contributed by atoms with Crippen molar-refractivity contribution in [1.29, 1.82) is 0 Å². The zero-order chi connectivity index (χ0) is 9.38. The molecular formula is C12H18ClNS. The first-order chi connectivity index (χ1) is 6.90. The maximum absolute atomic E-state index is 3.70. The van der Waals surface area contributed by atoms with Gasteiger partial charge in [0.2, 0.25) is 0 Å². The van der Waals surface area contributed by atoms with Crippen LogP contribution in [0.3, 0.4) is 0 Å². The van der Waals surface area contributed by atoms with Crippen molar-refractivity contribution in [2.24, 2.45) is 5.92 Å². The summed E-state index contributed by atoms with van der Waals surface area (Å²) < 4.78 is 0. The number of halogens is 1. The Labute approximate surface area is 102 Å². The van der Waals surface area contributed by atoms with E-state index in [1.165, 1.54) is 32.1 Å². The van der Waals surface area contributed by atoms with Crippen LogP contribution in [0.25, 0.3) is 0 Å². The summed E-state index contributed by atoms with van der Waals surface area (Å²) in [6.45, 7) is 0. The average molecular weight is 244 g/mol. The Morgan fingerprint density at radius 2 is 2.00 bits per heavy atom. The van der Waals surface area contributed by atoms with Crippen molar-refractivity contribution in [3.05, 3.63) is 22.4 Å². The van der Waals surface area contributed by atoms with E-state index in [1.807, 2.05) is 11.3 Å². The molecule has 84 valence electrons. The monoisotopic (exact) mass is 243 g/mol. The summed E-state index contributed by atoms with van der Waals surface area (Å²) in [6, 6.07) is 6.15. The van der Waals surface area contributed by atoms with E-state index in [-0.39, 0.29) is 12.4 Å². The van der Waals surface area contributed by atoms with Crippen molar-refractivity contribution in [3.63, 3.8) is 0 Å². The topological polar surface area (TPSA) is 12.0 Å². The molecule has 2 aliphatic rings. The molecule has 1 aromatic heterocycles. The molecule has 0 saturated carbocycles.